The normalized spacial score (nSPS) is 12.7. The average molecular weight is 271 g/mol. The molecule has 1 unspecified atom stereocenters. The molecule has 2 nitrogen and oxygen atoms in total. The maximum Gasteiger partial charge on any atom is 0.0413 e. The van der Waals surface area contributed by atoms with Gasteiger partial charge in [0.1, 0.15) is 0 Å². The van der Waals surface area contributed by atoms with Crippen LogP contribution < -0.4 is 5.32 Å². The van der Waals surface area contributed by atoms with Crippen LogP contribution in [-0.2, 0) is 6.42 Å². The molecule has 0 saturated carbocycles. The smallest absolute Gasteiger partial charge is 0.0413 e. The predicted octanol–water partition coefficient (Wildman–Crippen LogP) is 3.16. The van der Waals surface area contributed by atoms with Crippen molar-refractivity contribution in [2.24, 2.45) is 0 Å². The van der Waals surface area contributed by atoms with E-state index in [2.05, 4.69) is 45.3 Å². The number of hydrogen-bond acceptors (Lipinski definition) is 2. The molecular formula is C12H19BrN2. The molecule has 1 atom stereocenters. The average Bonchev–Trinajstić information content (AvgIpc) is 2.27. The Hall–Kier alpha value is -0.410. The van der Waals surface area contributed by atoms with Crippen LogP contribution in [0.25, 0.3) is 0 Å². The molecule has 0 aromatic carbocycles. The van der Waals surface area contributed by atoms with Crippen LogP contribution >= 0.6 is 15.9 Å². The molecule has 84 valence electrons. The number of nitrogens with zero attached hydrogens (tertiary/aromatic N) is 1. The van der Waals surface area contributed by atoms with Crippen molar-refractivity contribution in [3.05, 3.63) is 28.5 Å². The van der Waals surface area contributed by atoms with Crippen LogP contribution in [0.1, 0.15) is 31.9 Å². The SMILES string of the molecule is CCC(CCCc1ccc(Br)cn1)NC. The molecule has 0 radical (unpaired) electrons. The fourth-order valence-electron chi connectivity index (χ4n) is 1.64. The molecule has 1 aromatic heterocycles. The lowest BCUT2D eigenvalue weighted by Gasteiger charge is -2.12. The Balaban J connectivity index is 2.28. The molecule has 1 heterocycles. The van der Waals surface area contributed by atoms with Crippen molar-refractivity contribution in [2.45, 2.75) is 38.6 Å². The topological polar surface area (TPSA) is 24.9 Å². The lowest BCUT2D eigenvalue weighted by Crippen LogP contribution is -2.24. The second kappa shape index (κ2) is 6.96. The van der Waals surface area contributed by atoms with E-state index in [1.807, 2.05) is 13.2 Å². The molecule has 0 aliphatic rings. The molecule has 0 fully saturated rings. The Morgan fingerprint density at radius 3 is 2.80 bits per heavy atom. The van der Waals surface area contributed by atoms with Crippen LogP contribution in [0.3, 0.4) is 0 Å². The van der Waals surface area contributed by atoms with E-state index in [0.717, 1.165) is 10.9 Å². The summed E-state index contributed by atoms with van der Waals surface area (Å²) in [7, 11) is 2.03. The minimum Gasteiger partial charge on any atom is -0.317 e. The molecule has 1 N–H and O–H groups in total. The lowest BCUT2D eigenvalue weighted by atomic mass is 10.1. The third-order valence-corrected chi connectivity index (χ3v) is 3.14. The van der Waals surface area contributed by atoms with Crippen LogP contribution in [0.5, 0.6) is 0 Å². The summed E-state index contributed by atoms with van der Waals surface area (Å²) in [5, 5.41) is 3.32. The minimum atomic E-state index is 0.653. The Kier molecular flexibility index (Phi) is 5.88. The fourth-order valence-corrected chi connectivity index (χ4v) is 1.87. The highest BCUT2D eigenvalue weighted by molar-refractivity contribution is 9.10. The molecular weight excluding hydrogens is 252 g/mol. The van der Waals surface area contributed by atoms with Crippen molar-refractivity contribution in [3.8, 4) is 0 Å². The maximum absolute atomic E-state index is 4.36. The lowest BCUT2D eigenvalue weighted by molar-refractivity contribution is 0.490. The Morgan fingerprint density at radius 1 is 1.47 bits per heavy atom. The summed E-state index contributed by atoms with van der Waals surface area (Å²) < 4.78 is 1.05. The van der Waals surface area contributed by atoms with Crippen LogP contribution in [0.4, 0.5) is 0 Å². The number of nitrogens with one attached hydrogen (secondary N) is 1. The highest BCUT2D eigenvalue weighted by Gasteiger charge is 2.02. The van der Waals surface area contributed by atoms with E-state index in [0.29, 0.717) is 6.04 Å². The number of hydrogen-bond donors (Lipinski definition) is 1. The Morgan fingerprint density at radius 2 is 2.27 bits per heavy atom. The molecule has 15 heavy (non-hydrogen) atoms. The van der Waals surface area contributed by atoms with Gasteiger partial charge in [-0.2, -0.15) is 0 Å². The maximum atomic E-state index is 4.36. The van der Waals surface area contributed by atoms with E-state index in [1.54, 1.807) is 0 Å². The standard InChI is InChI=1S/C12H19BrN2/c1-3-11(14-2)5-4-6-12-8-7-10(13)9-15-12/h7-9,11,14H,3-6H2,1-2H3. The van der Waals surface area contributed by atoms with E-state index < -0.39 is 0 Å². The first-order chi connectivity index (χ1) is 7.26. The van der Waals surface area contributed by atoms with Crippen LogP contribution in [0, 0.1) is 0 Å². The quantitative estimate of drug-likeness (QED) is 0.859. The first-order valence-electron chi connectivity index (χ1n) is 5.54. The van der Waals surface area contributed by atoms with Gasteiger partial charge in [-0.25, -0.2) is 0 Å². The molecule has 1 rings (SSSR count). The molecule has 0 spiro atoms. The van der Waals surface area contributed by atoms with Gasteiger partial charge in [-0.15, -0.1) is 0 Å². The summed E-state index contributed by atoms with van der Waals surface area (Å²) in [6.45, 7) is 2.22. The van der Waals surface area contributed by atoms with Crippen molar-refractivity contribution in [1.29, 1.82) is 0 Å². The number of rotatable bonds is 6. The van der Waals surface area contributed by atoms with Crippen molar-refractivity contribution < 1.29 is 0 Å². The van der Waals surface area contributed by atoms with Gasteiger partial charge in [0.05, 0.1) is 0 Å². The van der Waals surface area contributed by atoms with Gasteiger partial charge in [-0.3, -0.25) is 4.98 Å². The molecule has 1 aromatic rings. The molecule has 0 aliphatic heterocycles. The van der Waals surface area contributed by atoms with Crippen LogP contribution in [0.15, 0.2) is 22.8 Å². The summed E-state index contributed by atoms with van der Waals surface area (Å²) in [5.74, 6) is 0. The molecule has 0 amide bonds. The Labute approximate surface area is 101 Å². The third kappa shape index (κ3) is 4.76. The number of aryl methyl sites for hydroxylation is 1. The van der Waals surface area contributed by atoms with Gasteiger partial charge in [-0.05, 0) is 60.8 Å². The molecule has 3 heteroatoms. The minimum absolute atomic E-state index is 0.653. The highest BCUT2D eigenvalue weighted by Crippen LogP contribution is 2.10. The van der Waals surface area contributed by atoms with E-state index in [-0.39, 0.29) is 0 Å². The first kappa shape index (κ1) is 12.7. The molecule has 0 saturated heterocycles. The number of halogens is 1. The van der Waals surface area contributed by atoms with Crippen molar-refractivity contribution >= 4 is 15.9 Å². The summed E-state index contributed by atoms with van der Waals surface area (Å²) >= 11 is 3.39. The summed E-state index contributed by atoms with van der Waals surface area (Å²) in [4.78, 5) is 4.36. The van der Waals surface area contributed by atoms with E-state index in [4.69, 9.17) is 0 Å². The van der Waals surface area contributed by atoms with E-state index in [9.17, 15) is 0 Å². The zero-order valence-corrected chi connectivity index (χ0v) is 11.0. The summed E-state index contributed by atoms with van der Waals surface area (Å²) in [6, 6.07) is 4.79. The van der Waals surface area contributed by atoms with Crippen molar-refractivity contribution in [1.82, 2.24) is 10.3 Å². The Bertz CT molecular complexity index is 267. The van der Waals surface area contributed by atoms with E-state index in [1.165, 1.54) is 25.0 Å². The van der Waals surface area contributed by atoms with Gasteiger partial charge in [0.15, 0.2) is 0 Å². The fraction of sp³-hybridized carbons (Fsp3) is 0.583. The zero-order chi connectivity index (χ0) is 11.1. The second-order valence-corrected chi connectivity index (χ2v) is 4.67. The van der Waals surface area contributed by atoms with Gasteiger partial charge in [0.2, 0.25) is 0 Å². The number of aromatic nitrogens is 1. The van der Waals surface area contributed by atoms with Crippen molar-refractivity contribution in [3.63, 3.8) is 0 Å². The summed E-state index contributed by atoms with van der Waals surface area (Å²) in [5.41, 5.74) is 1.18. The largest absolute Gasteiger partial charge is 0.317 e. The van der Waals surface area contributed by atoms with Gasteiger partial charge >= 0.3 is 0 Å². The van der Waals surface area contributed by atoms with Gasteiger partial charge in [-0.1, -0.05) is 6.92 Å². The summed E-state index contributed by atoms with van der Waals surface area (Å²) in [6.07, 6.45) is 6.57. The van der Waals surface area contributed by atoms with Crippen molar-refractivity contribution in [2.75, 3.05) is 7.05 Å². The second-order valence-electron chi connectivity index (χ2n) is 3.75. The van der Waals surface area contributed by atoms with Crippen LogP contribution in [0.2, 0.25) is 0 Å². The van der Waals surface area contributed by atoms with Gasteiger partial charge in [0, 0.05) is 22.4 Å². The van der Waals surface area contributed by atoms with Crippen LogP contribution in [-0.4, -0.2) is 18.1 Å². The molecule has 0 aliphatic carbocycles. The predicted molar refractivity (Wildman–Crippen MR) is 68.0 cm³/mol. The first-order valence-corrected chi connectivity index (χ1v) is 6.33. The highest BCUT2D eigenvalue weighted by atomic mass is 79.9. The van der Waals surface area contributed by atoms with E-state index >= 15 is 0 Å². The van der Waals surface area contributed by atoms with Gasteiger partial charge < -0.3 is 5.32 Å². The molecule has 0 bridgehead atoms. The zero-order valence-electron chi connectivity index (χ0n) is 9.46. The van der Waals surface area contributed by atoms with Gasteiger partial charge in [0.25, 0.3) is 0 Å². The third-order valence-electron chi connectivity index (χ3n) is 2.68. The monoisotopic (exact) mass is 270 g/mol. The number of pyridine rings is 1.